The Balaban J connectivity index is 1.11. The van der Waals surface area contributed by atoms with E-state index in [-0.39, 0.29) is 5.92 Å². The molecule has 0 fully saturated rings. The van der Waals surface area contributed by atoms with E-state index in [0.29, 0.717) is 0 Å². The fraction of sp³-hybridized carbons (Fsp3) is 0.0167. The summed E-state index contributed by atoms with van der Waals surface area (Å²) in [6, 6.07) is 75.3. The molecule has 10 aromatic carbocycles. The largest absolute Gasteiger partial charge is 0.310 e. The average Bonchev–Trinajstić information content (AvgIpc) is 3.77. The van der Waals surface area contributed by atoms with Crippen LogP contribution < -0.4 is 20.4 Å². The Kier molecular flexibility index (Phi) is 8.53. The quantitative estimate of drug-likeness (QED) is 0.119. The molecule has 1 aliphatic heterocycles. The van der Waals surface area contributed by atoms with Gasteiger partial charge in [-0.05, 0) is 117 Å². The minimum atomic E-state index is -0.0369. The number of benzene rings is 10. The highest BCUT2D eigenvalue weighted by Crippen LogP contribution is 2.48. The molecular weight excluding hydrogens is 791 g/mol. The van der Waals surface area contributed by atoms with Crippen molar-refractivity contribution in [2.24, 2.45) is 4.99 Å². The van der Waals surface area contributed by atoms with E-state index in [0.717, 1.165) is 89.1 Å². The number of hydrogen-bond acceptors (Lipinski definition) is 5. The number of fused-ring (bicyclic) bond motifs is 12. The molecule has 1 aromatic heterocycles. The third-order valence-electron chi connectivity index (χ3n) is 13.0. The van der Waals surface area contributed by atoms with Gasteiger partial charge in [0.05, 0.1) is 38.8 Å². The van der Waals surface area contributed by atoms with Crippen LogP contribution in [0.1, 0.15) is 17.0 Å². The lowest BCUT2D eigenvalue weighted by Crippen LogP contribution is -2.20. The van der Waals surface area contributed by atoms with Crippen LogP contribution in [0.5, 0.6) is 0 Å². The molecule has 2 aliphatic rings. The highest BCUT2D eigenvalue weighted by Gasteiger charge is 2.29. The zero-order valence-electron chi connectivity index (χ0n) is 35.3. The highest BCUT2D eigenvalue weighted by atomic mass is 15.2. The second-order valence-corrected chi connectivity index (χ2v) is 16.7. The van der Waals surface area contributed by atoms with Crippen LogP contribution >= 0.6 is 0 Å². The van der Waals surface area contributed by atoms with Gasteiger partial charge in [0.15, 0.2) is 0 Å². The second-order valence-electron chi connectivity index (χ2n) is 16.7. The molecule has 11 aromatic rings. The summed E-state index contributed by atoms with van der Waals surface area (Å²) in [5.74, 6) is -0.0369. The number of nitrogens with zero attached hydrogens (tertiary/aromatic N) is 5. The molecule has 1 atom stereocenters. The van der Waals surface area contributed by atoms with Gasteiger partial charge in [-0.2, -0.15) is 0 Å². The first kappa shape index (κ1) is 36.9. The number of allylic oxidation sites excluding steroid dienone is 2. The van der Waals surface area contributed by atoms with Crippen LogP contribution in [0.4, 0.5) is 39.8 Å². The summed E-state index contributed by atoms with van der Waals surface area (Å²) in [5.41, 5.74) is 15.1. The van der Waals surface area contributed by atoms with E-state index in [9.17, 15) is 0 Å². The Hall–Kier alpha value is -8.67. The fourth-order valence-electron chi connectivity index (χ4n) is 10.1. The van der Waals surface area contributed by atoms with Gasteiger partial charge in [-0.15, -0.1) is 0 Å². The van der Waals surface area contributed by atoms with Gasteiger partial charge in [0, 0.05) is 50.9 Å². The van der Waals surface area contributed by atoms with Crippen LogP contribution in [-0.2, 0) is 0 Å². The number of rotatable bonds is 7. The molecule has 1 unspecified atom stereocenters. The Morgan fingerprint density at radius 1 is 0.415 bits per heavy atom. The summed E-state index contributed by atoms with van der Waals surface area (Å²) in [7, 11) is 0. The van der Waals surface area contributed by atoms with Gasteiger partial charge in [0.25, 0.3) is 0 Å². The van der Waals surface area contributed by atoms with E-state index in [1.54, 1.807) is 0 Å². The first-order valence-electron chi connectivity index (χ1n) is 22.2. The maximum Gasteiger partial charge on any atom is 0.0996 e. The van der Waals surface area contributed by atoms with E-state index >= 15 is 0 Å². The van der Waals surface area contributed by atoms with Gasteiger partial charge < -0.3 is 9.80 Å². The van der Waals surface area contributed by atoms with Gasteiger partial charge in [-0.1, -0.05) is 146 Å². The summed E-state index contributed by atoms with van der Waals surface area (Å²) in [5, 5.41) is 6.69. The maximum atomic E-state index is 5.86. The number of aromatic nitrogens is 2. The van der Waals surface area contributed by atoms with Crippen molar-refractivity contribution >= 4 is 89.5 Å². The maximum absolute atomic E-state index is 5.86. The molecule has 2 heterocycles. The van der Waals surface area contributed by atoms with Gasteiger partial charge in [-0.25, -0.2) is 15.0 Å². The summed E-state index contributed by atoms with van der Waals surface area (Å²) >= 11 is 0. The minimum Gasteiger partial charge on any atom is -0.310 e. The summed E-state index contributed by atoms with van der Waals surface area (Å²) in [6.45, 7) is 0. The Morgan fingerprint density at radius 3 is 1.75 bits per heavy atom. The van der Waals surface area contributed by atoms with E-state index < -0.39 is 0 Å². The SMILES string of the molecule is C1=CC(c2ccc3ccccc3c2)c2c(c3ccc(N(c4ccccc4)c4ccccc4)cc3c3nc4c5c(ccc4nc23)=Nc2cccc(N(c3ccccc3)c3ccccc3)c2-5)=C1. The van der Waals surface area contributed by atoms with Crippen molar-refractivity contribution in [1.82, 2.24) is 9.97 Å². The van der Waals surface area contributed by atoms with Crippen LogP contribution in [0.3, 0.4) is 0 Å². The van der Waals surface area contributed by atoms with Crippen LogP contribution in [0.25, 0.3) is 60.8 Å². The van der Waals surface area contributed by atoms with E-state index in [1.165, 1.54) is 27.1 Å². The monoisotopic (exact) mass is 829 g/mol. The Labute approximate surface area is 375 Å². The number of anilines is 6. The average molecular weight is 830 g/mol. The molecule has 0 amide bonds. The van der Waals surface area contributed by atoms with E-state index in [2.05, 4.69) is 240 Å². The van der Waals surface area contributed by atoms with Crippen molar-refractivity contribution in [3.8, 4) is 11.1 Å². The zero-order valence-corrected chi connectivity index (χ0v) is 35.3. The topological polar surface area (TPSA) is 44.6 Å². The van der Waals surface area contributed by atoms with Crippen molar-refractivity contribution in [2.75, 3.05) is 9.80 Å². The molecule has 65 heavy (non-hydrogen) atoms. The molecular formula is C60H39N5. The summed E-state index contributed by atoms with van der Waals surface area (Å²) in [6.07, 6.45) is 6.79. The molecule has 0 saturated carbocycles. The lowest BCUT2D eigenvalue weighted by atomic mass is 9.83. The number of hydrogen-bond donors (Lipinski definition) is 0. The highest BCUT2D eigenvalue weighted by molar-refractivity contribution is 6.12. The van der Waals surface area contributed by atoms with Crippen molar-refractivity contribution in [2.45, 2.75) is 5.92 Å². The molecule has 5 heteroatoms. The zero-order chi connectivity index (χ0) is 42.8. The standard InChI is InChI=1S/C60H39N5/c1-5-19-42(20-6-1)64(43-21-7-2-8-22-43)46-33-34-48-49-28-15-27-47(41-32-31-39-17-13-14-18-40(39)37-41)55(49)60-58(50(48)38-46)63-59-53(62-60)36-35-52-57(59)56-51(61-52)29-16-30-54(56)65(44-23-9-3-10-24-44)45-25-11-4-12-26-45/h1-38,47H. The van der Waals surface area contributed by atoms with E-state index in [4.69, 9.17) is 15.0 Å². The first-order chi connectivity index (χ1) is 32.2. The summed E-state index contributed by atoms with van der Waals surface area (Å²) < 4.78 is 0. The number of para-hydroxylation sites is 4. The van der Waals surface area contributed by atoms with Gasteiger partial charge in [0.2, 0.25) is 0 Å². The van der Waals surface area contributed by atoms with Crippen LogP contribution in [-0.4, -0.2) is 9.97 Å². The minimum absolute atomic E-state index is 0.0369. The molecule has 0 bridgehead atoms. The van der Waals surface area contributed by atoms with Gasteiger partial charge >= 0.3 is 0 Å². The molecule has 1 aliphatic carbocycles. The molecule has 0 radical (unpaired) electrons. The van der Waals surface area contributed by atoms with Crippen molar-refractivity contribution < 1.29 is 0 Å². The molecule has 0 saturated heterocycles. The van der Waals surface area contributed by atoms with Crippen LogP contribution in [0.15, 0.2) is 229 Å². The molecule has 0 spiro atoms. The van der Waals surface area contributed by atoms with Crippen molar-refractivity contribution in [3.05, 3.63) is 246 Å². The third kappa shape index (κ3) is 6.05. The predicted molar refractivity (Wildman–Crippen MR) is 269 cm³/mol. The molecule has 304 valence electrons. The van der Waals surface area contributed by atoms with Gasteiger partial charge in [-0.3, -0.25) is 0 Å². The Bertz CT molecular complexity index is 3750. The van der Waals surface area contributed by atoms with E-state index in [1.807, 2.05) is 0 Å². The lowest BCUT2D eigenvalue weighted by Gasteiger charge is -2.28. The predicted octanol–water partition coefficient (Wildman–Crippen LogP) is 14.4. The third-order valence-corrected chi connectivity index (χ3v) is 13.0. The van der Waals surface area contributed by atoms with Crippen molar-refractivity contribution in [3.63, 3.8) is 0 Å². The van der Waals surface area contributed by atoms with Crippen LogP contribution in [0.2, 0.25) is 0 Å². The molecule has 13 rings (SSSR count). The fourth-order valence-corrected chi connectivity index (χ4v) is 10.1. The Morgan fingerprint density at radius 2 is 1.06 bits per heavy atom. The van der Waals surface area contributed by atoms with Crippen molar-refractivity contribution in [1.29, 1.82) is 0 Å². The summed E-state index contributed by atoms with van der Waals surface area (Å²) in [4.78, 5) is 21.5. The first-order valence-corrected chi connectivity index (χ1v) is 22.2. The van der Waals surface area contributed by atoms with Crippen LogP contribution in [0, 0.1) is 0 Å². The molecule has 5 nitrogen and oxygen atoms in total. The molecule has 0 N–H and O–H groups in total. The second kappa shape index (κ2) is 15.0. The normalized spacial score (nSPS) is 13.6. The van der Waals surface area contributed by atoms with Gasteiger partial charge in [0.1, 0.15) is 0 Å². The smallest absolute Gasteiger partial charge is 0.0996 e. The lowest BCUT2D eigenvalue weighted by molar-refractivity contribution is 1.02.